The van der Waals surface area contributed by atoms with Gasteiger partial charge in [0.25, 0.3) is 0 Å². The van der Waals surface area contributed by atoms with Crippen LogP contribution >= 0.6 is 0 Å². The average Bonchev–Trinajstić information content (AvgIpc) is 2.23. The van der Waals surface area contributed by atoms with E-state index in [1.807, 2.05) is 44.2 Å². The van der Waals surface area contributed by atoms with Gasteiger partial charge in [0, 0.05) is 12.3 Å². The molecule has 0 heterocycles. The molecule has 0 saturated heterocycles. The lowest BCUT2D eigenvalue weighted by Crippen LogP contribution is -2.11. The van der Waals surface area contributed by atoms with Gasteiger partial charge in [-0.3, -0.25) is 0 Å². The van der Waals surface area contributed by atoms with Crippen molar-refractivity contribution in [2.75, 3.05) is 0 Å². The Kier molecular flexibility index (Phi) is 6.15. The molecule has 0 aliphatic carbocycles. The summed E-state index contributed by atoms with van der Waals surface area (Å²) < 4.78 is 0. The Morgan fingerprint density at radius 2 is 1.77 bits per heavy atom. The van der Waals surface area contributed by atoms with Gasteiger partial charge in [0.2, 0.25) is 0 Å². The molecule has 0 amide bonds. The first kappa shape index (κ1) is 11.4. The van der Waals surface area contributed by atoms with E-state index in [0.29, 0.717) is 5.84 Å². The van der Waals surface area contributed by atoms with Gasteiger partial charge < -0.3 is 5.73 Å². The van der Waals surface area contributed by atoms with Gasteiger partial charge in [-0.05, 0) is 0 Å². The van der Waals surface area contributed by atoms with Gasteiger partial charge in [0.15, 0.2) is 5.84 Å². The molecule has 3 nitrogen and oxygen atoms in total. The molecule has 0 aliphatic heterocycles. The average molecular weight is 177 g/mol. The summed E-state index contributed by atoms with van der Waals surface area (Å²) in [6.07, 6.45) is 0. The van der Waals surface area contributed by atoms with Gasteiger partial charge in [0.1, 0.15) is 0 Å². The minimum Gasteiger partial charge on any atom is -0.382 e. The molecule has 0 atom stereocenters. The Balaban J connectivity index is 0.000000671. The second-order valence-electron chi connectivity index (χ2n) is 1.99. The minimum atomic E-state index is 0.389. The van der Waals surface area contributed by atoms with Crippen molar-refractivity contribution in [1.29, 1.82) is 0 Å². The standard InChI is InChI=1S/C8H9N3.C2H6/c1-10-11-8(9)7-5-3-2-4-6-7;1-2/h2-6H,1H2,(H2,9,11);1-2H3. The molecule has 1 rings (SSSR count). The SMILES string of the molecule is C=N/N=C(\N)c1ccccc1.CC. The van der Waals surface area contributed by atoms with Crippen molar-refractivity contribution in [3.05, 3.63) is 35.9 Å². The third-order valence-electron chi connectivity index (χ3n) is 1.25. The Hall–Kier alpha value is -1.64. The molecular weight excluding hydrogens is 162 g/mol. The third-order valence-corrected chi connectivity index (χ3v) is 1.25. The summed E-state index contributed by atoms with van der Waals surface area (Å²) in [5.74, 6) is 0.389. The van der Waals surface area contributed by atoms with Crippen LogP contribution in [0.25, 0.3) is 0 Å². The van der Waals surface area contributed by atoms with Gasteiger partial charge in [-0.2, -0.15) is 5.10 Å². The molecule has 0 aromatic heterocycles. The third kappa shape index (κ3) is 4.06. The molecule has 0 saturated carbocycles. The van der Waals surface area contributed by atoms with E-state index < -0.39 is 0 Å². The number of hydrogen-bond acceptors (Lipinski definition) is 2. The zero-order valence-electron chi connectivity index (χ0n) is 8.07. The highest BCUT2D eigenvalue weighted by molar-refractivity contribution is 5.97. The lowest BCUT2D eigenvalue weighted by atomic mass is 10.2. The van der Waals surface area contributed by atoms with Crippen LogP contribution in [0.4, 0.5) is 0 Å². The van der Waals surface area contributed by atoms with Crippen LogP contribution in [0.1, 0.15) is 19.4 Å². The normalized spacial score (nSPS) is 9.85. The van der Waals surface area contributed by atoms with Crippen molar-refractivity contribution in [1.82, 2.24) is 0 Å². The monoisotopic (exact) mass is 177 g/mol. The van der Waals surface area contributed by atoms with E-state index in [4.69, 9.17) is 5.73 Å². The van der Waals surface area contributed by atoms with Crippen LogP contribution in [0.3, 0.4) is 0 Å². The van der Waals surface area contributed by atoms with Crippen molar-refractivity contribution in [3.8, 4) is 0 Å². The first-order valence-electron chi connectivity index (χ1n) is 4.19. The van der Waals surface area contributed by atoms with E-state index in [-0.39, 0.29) is 0 Å². The molecule has 0 unspecified atom stereocenters. The Morgan fingerprint density at radius 1 is 1.23 bits per heavy atom. The lowest BCUT2D eigenvalue weighted by Gasteiger charge is -1.95. The summed E-state index contributed by atoms with van der Waals surface area (Å²) >= 11 is 0. The predicted octanol–water partition coefficient (Wildman–Crippen LogP) is 2.03. The molecule has 0 fully saturated rings. The highest BCUT2D eigenvalue weighted by atomic mass is 15.2. The Labute approximate surface area is 79.0 Å². The second kappa shape index (κ2) is 7.03. The van der Waals surface area contributed by atoms with Crippen molar-refractivity contribution in [2.24, 2.45) is 15.9 Å². The molecule has 2 N–H and O–H groups in total. The van der Waals surface area contributed by atoms with Gasteiger partial charge in [-0.15, -0.1) is 5.10 Å². The van der Waals surface area contributed by atoms with Crippen LogP contribution in [0.15, 0.2) is 40.5 Å². The summed E-state index contributed by atoms with van der Waals surface area (Å²) in [7, 11) is 0. The van der Waals surface area contributed by atoms with E-state index in [0.717, 1.165) is 5.56 Å². The van der Waals surface area contributed by atoms with Gasteiger partial charge in [0.05, 0.1) is 0 Å². The summed E-state index contributed by atoms with van der Waals surface area (Å²) in [6.45, 7) is 7.21. The summed E-state index contributed by atoms with van der Waals surface area (Å²) in [4.78, 5) is 0. The number of rotatable bonds is 2. The molecule has 70 valence electrons. The number of amidine groups is 1. The minimum absolute atomic E-state index is 0.389. The maximum absolute atomic E-state index is 5.52. The van der Waals surface area contributed by atoms with Gasteiger partial charge in [-0.25, -0.2) is 0 Å². The smallest absolute Gasteiger partial charge is 0.153 e. The van der Waals surface area contributed by atoms with E-state index in [1.165, 1.54) is 0 Å². The molecule has 0 spiro atoms. The number of nitrogens with two attached hydrogens (primary N) is 1. The predicted molar refractivity (Wildman–Crippen MR) is 58.1 cm³/mol. The second-order valence-corrected chi connectivity index (χ2v) is 1.99. The van der Waals surface area contributed by atoms with Crippen molar-refractivity contribution >= 4 is 12.6 Å². The molecule has 0 radical (unpaired) electrons. The highest BCUT2D eigenvalue weighted by Crippen LogP contribution is 1.96. The molecular formula is C10H15N3. The number of hydrogen-bond donors (Lipinski definition) is 1. The largest absolute Gasteiger partial charge is 0.382 e. The van der Waals surface area contributed by atoms with E-state index >= 15 is 0 Å². The molecule has 0 bridgehead atoms. The van der Waals surface area contributed by atoms with Crippen LogP contribution in [0.2, 0.25) is 0 Å². The topological polar surface area (TPSA) is 50.7 Å². The summed E-state index contributed by atoms with van der Waals surface area (Å²) in [5.41, 5.74) is 6.38. The Morgan fingerprint density at radius 3 is 2.23 bits per heavy atom. The Bertz CT molecular complexity index is 265. The first-order chi connectivity index (χ1) is 6.34. The summed E-state index contributed by atoms with van der Waals surface area (Å²) in [6, 6.07) is 9.42. The van der Waals surface area contributed by atoms with Gasteiger partial charge >= 0.3 is 0 Å². The fourth-order valence-electron chi connectivity index (χ4n) is 0.743. The molecule has 1 aromatic rings. The fourth-order valence-corrected chi connectivity index (χ4v) is 0.743. The molecule has 3 heteroatoms. The first-order valence-corrected chi connectivity index (χ1v) is 4.19. The van der Waals surface area contributed by atoms with Crippen LogP contribution in [-0.2, 0) is 0 Å². The summed E-state index contributed by atoms with van der Waals surface area (Å²) in [5, 5.41) is 6.93. The van der Waals surface area contributed by atoms with Crippen LogP contribution < -0.4 is 5.73 Å². The number of nitrogens with zero attached hydrogens (tertiary/aromatic N) is 2. The van der Waals surface area contributed by atoms with Gasteiger partial charge in [-0.1, -0.05) is 44.2 Å². The molecule has 13 heavy (non-hydrogen) atoms. The zero-order chi connectivity index (χ0) is 10.1. The van der Waals surface area contributed by atoms with E-state index in [2.05, 4.69) is 16.9 Å². The van der Waals surface area contributed by atoms with Crippen molar-refractivity contribution in [3.63, 3.8) is 0 Å². The molecule has 1 aromatic carbocycles. The van der Waals surface area contributed by atoms with Crippen LogP contribution in [-0.4, -0.2) is 12.6 Å². The zero-order valence-corrected chi connectivity index (χ0v) is 8.07. The lowest BCUT2D eigenvalue weighted by molar-refractivity contribution is 1.24. The van der Waals surface area contributed by atoms with Crippen LogP contribution in [0.5, 0.6) is 0 Å². The quantitative estimate of drug-likeness (QED) is 0.419. The number of benzene rings is 1. The van der Waals surface area contributed by atoms with Crippen molar-refractivity contribution in [2.45, 2.75) is 13.8 Å². The fraction of sp³-hybridized carbons (Fsp3) is 0.200. The van der Waals surface area contributed by atoms with E-state index in [9.17, 15) is 0 Å². The maximum Gasteiger partial charge on any atom is 0.153 e. The van der Waals surface area contributed by atoms with Crippen molar-refractivity contribution < 1.29 is 0 Å². The van der Waals surface area contributed by atoms with E-state index in [1.54, 1.807) is 0 Å². The molecule has 0 aliphatic rings. The maximum atomic E-state index is 5.52. The highest BCUT2D eigenvalue weighted by Gasteiger charge is 1.93. The van der Waals surface area contributed by atoms with Crippen LogP contribution in [0, 0.1) is 0 Å².